The van der Waals surface area contributed by atoms with Gasteiger partial charge in [-0.2, -0.15) is 0 Å². The number of halogens is 2. The summed E-state index contributed by atoms with van der Waals surface area (Å²) >= 11 is 0. The van der Waals surface area contributed by atoms with Crippen LogP contribution in [0.1, 0.15) is 20.3 Å². The molecule has 0 radical (unpaired) electrons. The van der Waals surface area contributed by atoms with Gasteiger partial charge in [0.2, 0.25) is 0 Å². The lowest BCUT2D eigenvalue weighted by Gasteiger charge is -2.21. The number of amides is 1. The van der Waals surface area contributed by atoms with Crippen molar-refractivity contribution >= 4 is 18.3 Å². The van der Waals surface area contributed by atoms with Crippen molar-refractivity contribution in [3.05, 3.63) is 30.1 Å². The largest absolute Gasteiger partial charge is 0.481 e. The first-order valence-electron chi connectivity index (χ1n) is 6.78. The number of hydrogen-bond acceptors (Lipinski definition) is 3. The molecule has 0 aromatic heterocycles. The van der Waals surface area contributed by atoms with Crippen LogP contribution in [0, 0.1) is 11.7 Å². The molecule has 1 atom stereocenters. The molecule has 1 amide bonds. The number of carbonyl (C=O) groups is 1. The molecule has 4 nitrogen and oxygen atoms in total. The number of nitrogens with two attached hydrogens (primary N) is 1. The highest BCUT2D eigenvalue weighted by Gasteiger charge is 2.14. The van der Waals surface area contributed by atoms with Crippen molar-refractivity contribution in [3.8, 4) is 5.75 Å². The van der Waals surface area contributed by atoms with Gasteiger partial charge in [-0.3, -0.25) is 4.79 Å². The van der Waals surface area contributed by atoms with E-state index in [0.29, 0.717) is 12.5 Å². The van der Waals surface area contributed by atoms with Gasteiger partial charge in [-0.15, -0.1) is 12.4 Å². The Morgan fingerprint density at radius 2 is 2.00 bits per heavy atom. The van der Waals surface area contributed by atoms with Gasteiger partial charge in [-0.25, -0.2) is 4.39 Å². The van der Waals surface area contributed by atoms with Crippen LogP contribution in [0.5, 0.6) is 5.75 Å². The summed E-state index contributed by atoms with van der Waals surface area (Å²) in [6.07, 6.45) is 0.736. The van der Waals surface area contributed by atoms with Gasteiger partial charge in [0.15, 0.2) is 18.2 Å². The smallest absolute Gasteiger partial charge is 0.260 e. The van der Waals surface area contributed by atoms with Crippen LogP contribution < -0.4 is 10.5 Å². The first-order chi connectivity index (χ1) is 9.41. The Labute approximate surface area is 131 Å². The molecule has 0 spiro atoms. The number of benzene rings is 1. The van der Waals surface area contributed by atoms with Gasteiger partial charge >= 0.3 is 0 Å². The SMILES string of the molecule is CC(C)C(N)CCN(C)C(=O)COc1ccccc1F.Cl. The van der Waals surface area contributed by atoms with Crippen molar-refractivity contribution in [3.63, 3.8) is 0 Å². The summed E-state index contributed by atoms with van der Waals surface area (Å²) in [6, 6.07) is 6.10. The monoisotopic (exact) mass is 318 g/mol. The van der Waals surface area contributed by atoms with Crippen LogP contribution in [-0.2, 0) is 4.79 Å². The van der Waals surface area contributed by atoms with Crippen LogP contribution in [0.15, 0.2) is 24.3 Å². The summed E-state index contributed by atoms with van der Waals surface area (Å²) in [4.78, 5) is 13.4. The molecule has 0 bridgehead atoms. The Bertz CT molecular complexity index is 443. The van der Waals surface area contributed by atoms with Crippen molar-refractivity contribution in [2.75, 3.05) is 20.2 Å². The van der Waals surface area contributed by atoms with E-state index in [4.69, 9.17) is 10.5 Å². The quantitative estimate of drug-likeness (QED) is 0.840. The predicted octanol–water partition coefficient (Wildman–Crippen LogP) is 2.46. The Hall–Kier alpha value is -1.33. The second-order valence-corrected chi connectivity index (χ2v) is 5.23. The molecule has 0 heterocycles. The van der Waals surface area contributed by atoms with Gasteiger partial charge in [-0.05, 0) is 24.5 Å². The fourth-order valence-corrected chi connectivity index (χ4v) is 1.61. The molecule has 0 fully saturated rings. The summed E-state index contributed by atoms with van der Waals surface area (Å²) in [7, 11) is 1.69. The van der Waals surface area contributed by atoms with Gasteiger partial charge < -0.3 is 15.4 Å². The standard InChI is InChI=1S/C15H23FN2O2.ClH/c1-11(2)13(17)8-9-18(3)15(19)10-20-14-7-5-4-6-12(14)16;/h4-7,11,13H,8-10,17H2,1-3H3;1H. The maximum absolute atomic E-state index is 13.3. The summed E-state index contributed by atoms with van der Waals surface area (Å²) in [5, 5.41) is 0. The third-order valence-corrected chi connectivity index (χ3v) is 3.27. The highest BCUT2D eigenvalue weighted by atomic mass is 35.5. The summed E-state index contributed by atoms with van der Waals surface area (Å²) in [5.74, 6) is -0.185. The minimum absolute atomic E-state index is 0. The maximum Gasteiger partial charge on any atom is 0.260 e. The minimum atomic E-state index is -0.468. The molecular weight excluding hydrogens is 295 g/mol. The van der Waals surface area contributed by atoms with Gasteiger partial charge in [0.1, 0.15) is 0 Å². The van der Waals surface area contributed by atoms with E-state index in [1.165, 1.54) is 12.1 Å². The lowest BCUT2D eigenvalue weighted by molar-refractivity contribution is -0.132. The number of rotatable bonds is 7. The number of para-hydroxylation sites is 1. The molecule has 21 heavy (non-hydrogen) atoms. The summed E-state index contributed by atoms with van der Waals surface area (Å²) in [6.45, 7) is 4.49. The highest BCUT2D eigenvalue weighted by molar-refractivity contribution is 5.85. The molecule has 0 aliphatic carbocycles. The van der Waals surface area contributed by atoms with Crippen LogP contribution in [-0.4, -0.2) is 37.0 Å². The lowest BCUT2D eigenvalue weighted by atomic mass is 10.0. The van der Waals surface area contributed by atoms with Crippen molar-refractivity contribution in [1.29, 1.82) is 0 Å². The molecule has 1 rings (SSSR count). The van der Waals surface area contributed by atoms with Crippen LogP contribution in [0.2, 0.25) is 0 Å². The first kappa shape index (κ1) is 19.7. The van der Waals surface area contributed by atoms with Crippen molar-refractivity contribution in [1.82, 2.24) is 4.90 Å². The van der Waals surface area contributed by atoms with E-state index < -0.39 is 5.82 Å². The topological polar surface area (TPSA) is 55.6 Å². The zero-order chi connectivity index (χ0) is 15.1. The van der Waals surface area contributed by atoms with E-state index in [9.17, 15) is 9.18 Å². The molecule has 0 aliphatic rings. The van der Waals surface area contributed by atoms with Crippen LogP contribution in [0.3, 0.4) is 0 Å². The van der Waals surface area contributed by atoms with Crippen molar-refractivity contribution in [2.24, 2.45) is 11.7 Å². The predicted molar refractivity (Wildman–Crippen MR) is 84.2 cm³/mol. The van der Waals surface area contributed by atoms with Crippen LogP contribution >= 0.6 is 12.4 Å². The van der Waals surface area contributed by atoms with Crippen molar-refractivity contribution < 1.29 is 13.9 Å². The van der Waals surface area contributed by atoms with E-state index >= 15 is 0 Å². The van der Waals surface area contributed by atoms with Gasteiger partial charge in [0.25, 0.3) is 5.91 Å². The molecule has 1 unspecified atom stereocenters. The Balaban J connectivity index is 0.00000400. The van der Waals surface area contributed by atoms with E-state index in [1.54, 1.807) is 24.1 Å². The zero-order valence-electron chi connectivity index (χ0n) is 12.7. The fraction of sp³-hybridized carbons (Fsp3) is 0.533. The number of likely N-dealkylation sites (N-methyl/N-ethyl adjacent to an activating group) is 1. The van der Waals surface area contributed by atoms with Gasteiger partial charge in [0.05, 0.1) is 0 Å². The fourth-order valence-electron chi connectivity index (χ4n) is 1.61. The van der Waals surface area contributed by atoms with Crippen LogP contribution in [0.4, 0.5) is 4.39 Å². The highest BCUT2D eigenvalue weighted by Crippen LogP contribution is 2.15. The van der Waals surface area contributed by atoms with Crippen LogP contribution in [0.25, 0.3) is 0 Å². The number of ether oxygens (including phenoxy) is 1. The summed E-state index contributed by atoms with van der Waals surface area (Å²) in [5.41, 5.74) is 5.93. The average Bonchev–Trinajstić information content (AvgIpc) is 2.42. The van der Waals surface area contributed by atoms with E-state index in [0.717, 1.165) is 6.42 Å². The molecule has 0 aliphatic heterocycles. The summed E-state index contributed by atoms with van der Waals surface area (Å²) < 4.78 is 18.5. The maximum atomic E-state index is 13.3. The number of nitrogens with zero attached hydrogens (tertiary/aromatic N) is 1. The van der Waals surface area contributed by atoms with Crippen molar-refractivity contribution in [2.45, 2.75) is 26.3 Å². The van der Waals surface area contributed by atoms with E-state index in [2.05, 4.69) is 0 Å². The molecule has 2 N–H and O–H groups in total. The number of hydrogen-bond donors (Lipinski definition) is 1. The molecule has 6 heteroatoms. The molecule has 1 aromatic carbocycles. The molecule has 0 saturated heterocycles. The second-order valence-electron chi connectivity index (χ2n) is 5.23. The molecule has 120 valence electrons. The van der Waals surface area contributed by atoms with Gasteiger partial charge in [-0.1, -0.05) is 26.0 Å². The number of carbonyl (C=O) groups excluding carboxylic acids is 1. The zero-order valence-corrected chi connectivity index (χ0v) is 13.5. The molecule has 0 saturated carbocycles. The normalized spacial score (nSPS) is 11.7. The Morgan fingerprint density at radius 3 is 2.57 bits per heavy atom. The Kier molecular flexibility index (Phi) is 8.97. The third-order valence-electron chi connectivity index (χ3n) is 3.27. The molecule has 1 aromatic rings. The van der Waals surface area contributed by atoms with E-state index in [1.807, 2.05) is 13.8 Å². The Morgan fingerprint density at radius 1 is 1.38 bits per heavy atom. The first-order valence-corrected chi connectivity index (χ1v) is 6.78. The molecular formula is C15H24ClFN2O2. The minimum Gasteiger partial charge on any atom is -0.481 e. The third kappa shape index (κ3) is 6.78. The van der Waals surface area contributed by atoms with E-state index in [-0.39, 0.29) is 36.7 Å². The second kappa shape index (κ2) is 9.58. The lowest BCUT2D eigenvalue weighted by Crippen LogP contribution is -2.36. The van der Waals surface area contributed by atoms with Gasteiger partial charge in [0, 0.05) is 19.6 Å². The average molecular weight is 319 g/mol.